The molecule has 2 aromatic rings. The number of aryl methyl sites for hydroxylation is 2. The van der Waals surface area contributed by atoms with Crippen LogP contribution in [-0.2, 0) is 22.4 Å². The highest BCUT2D eigenvalue weighted by Gasteiger charge is 2.42. The normalized spacial score (nSPS) is 19.5. The standard InChI is InChI=1S/C24H26F4O2/c1-2-16-3-8-18(9-4-16)20-12-11-19(22(25)15-20)10-5-17-6-13-21(14-7-17)30-23(29)24(26,27)28/h3-4,8-9,11-12,15,17,21H,2,5-7,10,13-14H2,1H3. The monoisotopic (exact) mass is 422 g/mol. The van der Waals surface area contributed by atoms with Crippen LogP contribution >= 0.6 is 0 Å². The fraction of sp³-hybridized carbons (Fsp3) is 0.458. The summed E-state index contributed by atoms with van der Waals surface area (Å²) in [7, 11) is 0. The van der Waals surface area contributed by atoms with Crippen molar-refractivity contribution in [3.05, 3.63) is 59.4 Å². The molecule has 0 aliphatic heterocycles. The Balaban J connectivity index is 1.50. The SMILES string of the molecule is CCc1ccc(-c2ccc(CCC3CCC(OC(=O)C(F)(F)F)CC3)c(F)c2)cc1. The second kappa shape index (κ2) is 9.63. The van der Waals surface area contributed by atoms with E-state index in [1.54, 1.807) is 6.07 Å². The van der Waals surface area contributed by atoms with Crippen LogP contribution in [0.1, 0.15) is 50.2 Å². The molecule has 2 aromatic carbocycles. The minimum atomic E-state index is -4.95. The molecule has 0 unspecified atom stereocenters. The molecule has 1 aliphatic carbocycles. The molecule has 2 nitrogen and oxygen atoms in total. The zero-order valence-electron chi connectivity index (χ0n) is 17.0. The molecule has 0 aromatic heterocycles. The van der Waals surface area contributed by atoms with Gasteiger partial charge >= 0.3 is 12.1 Å². The first-order valence-corrected chi connectivity index (χ1v) is 10.4. The van der Waals surface area contributed by atoms with Gasteiger partial charge in [-0.1, -0.05) is 43.3 Å². The molecule has 30 heavy (non-hydrogen) atoms. The van der Waals surface area contributed by atoms with Gasteiger partial charge in [0.1, 0.15) is 11.9 Å². The zero-order valence-corrected chi connectivity index (χ0v) is 17.0. The van der Waals surface area contributed by atoms with Crippen molar-refractivity contribution in [1.29, 1.82) is 0 Å². The Morgan fingerprint density at radius 3 is 2.20 bits per heavy atom. The van der Waals surface area contributed by atoms with Crippen LogP contribution in [0.4, 0.5) is 17.6 Å². The van der Waals surface area contributed by atoms with Gasteiger partial charge in [0, 0.05) is 0 Å². The van der Waals surface area contributed by atoms with Crippen molar-refractivity contribution in [2.75, 3.05) is 0 Å². The predicted molar refractivity (Wildman–Crippen MR) is 107 cm³/mol. The van der Waals surface area contributed by atoms with Crippen molar-refractivity contribution in [1.82, 2.24) is 0 Å². The van der Waals surface area contributed by atoms with E-state index >= 15 is 0 Å². The van der Waals surface area contributed by atoms with E-state index in [1.807, 2.05) is 36.4 Å². The van der Waals surface area contributed by atoms with Gasteiger partial charge < -0.3 is 4.74 Å². The second-order valence-electron chi connectivity index (χ2n) is 7.94. The molecule has 0 amide bonds. The van der Waals surface area contributed by atoms with Crippen molar-refractivity contribution in [2.45, 2.75) is 64.1 Å². The minimum Gasteiger partial charge on any atom is -0.456 e. The molecule has 0 radical (unpaired) electrons. The molecule has 3 rings (SSSR count). The second-order valence-corrected chi connectivity index (χ2v) is 7.94. The van der Waals surface area contributed by atoms with Gasteiger partial charge in [0.25, 0.3) is 0 Å². The van der Waals surface area contributed by atoms with E-state index in [9.17, 15) is 22.4 Å². The lowest BCUT2D eigenvalue weighted by Gasteiger charge is -2.28. The zero-order chi connectivity index (χ0) is 21.7. The van der Waals surface area contributed by atoms with Crippen LogP contribution in [-0.4, -0.2) is 18.2 Å². The molecule has 1 fully saturated rings. The number of alkyl halides is 3. The van der Waals surface area contributed by atoms with Crippen LogP contribution in [0, 0.1) is 11.7 Å². The summed E-state index contributed by atoms with van der Waals surface area (Å²) in [5.41, 5.74) is 3.70. The minimum absolute atomic E-state index is 0.236. The van der Waals surface area contributed by atoms with E-state index < -0.39 is 18.2 Å². The fourth-order valence-electron chi connectivity index (χ4n) is 3.98. The molecular formula is C24H26F4O2. The molecular weight excluding hydrogens is 396 g/mol. The Kier molecular flexibility index (Phi) is 7.16. The summed E-state index contributed by atoms with van der Waals surface area (Å²) in [6.45, 7) is 2.09. The quantitative estimate of drug-likeness (QED) is 0.385. The Morgan fingerprint density at radius 2 is 1.63 bits per heavy atom. The van der Waals surface area contributed by atoms with Crippen LogP contribution in [0.5, 0.6) is 0 Å². The number of hydrogen-bond acceptors (Lipinski definition) is 2. The third kappa shape index (κ3) is 5.83. The lowest BCUT2D eigenvalue weighted by molar-refractivity contribution is -0.206. The van der Waals surface area contributed by atoms with Gasteiger partial charge in [0.15, 0.2) is 0 Å². The average molecular weight is 422 g/mol. The molecule has 0 atom stereocenters. The van der Waals surface area contributed by atoms with Crippen molar-refractivity contribution in [3.63, 3.8) is 0 Å². The number of halogens is 4. The summed E-state index contributed by atoms with van der Waals surface area (Å²) < 4.78 is 56.0. The number of benzene rings is 2. The molecule has 0 N–H and O–H groups in total. The maximum Gasteiger partial charge on any atom is 0.490 e. The lowest BCUT2D eigenvalue weighted by atomic mass is 9.83. The van der Waals surface area contributed by atoms with Crippen LogP contribution in [0.25, 0.3) is 11.1 Å². The highest BCUT2D eigenvalue weighted by atomic mass is 19.4. The van der Waals surface area contributed by atoms with Crippen LogP contribution in [0.15, 0.2) is 42.5 Å². The molecule has 1 aliphatic rings. The van der Waals surface area contributed by atoms with E-state index in [0.29, 0.717) is 43.6 Å². The predicted octanol–water partition coefficient (Wildman–Crippen LogP) is 6.65. The van der Waals surface area contributed by atoms with Gasteiger partial charge in [-0.25, -0.2) is 9.18 Å². The number of hydrogen-bond donors (Lipinski definition) is 0. The summed E-state index contributed by atoms with van der Waals surface area (Å²) in [4.78, 5) is 10.9. The van der Waals surface area contributed by atoms with Crippen molar-refractivity contribution in [2.24, 2.45) is 5.92 Å². The first-order chi connectivity index (χ1) is 14.3. The molecule has 6 heteroatoms. The average Bonchev–Trinajstić information content (AvgIpc) is 2.73. The van der Waals surface area contributed by atoms with E-state index in [0.717, 1.165) is 24.0 Å². The topological polar surface area (TPSA) is 26.3 Å². The molecule has 0 saturated heterocycles. The van der Waals surface area contributed by atoms with Crippen LogP contribution in [0.2, 0.25) is 0 Å². The van der Waals surface area contributed by atoms with Crippen molar-refractivity contribution < 1.29 is 27.1 Å². The Hall–Kier alpha value is -2.37. The highest BCUT2D eigenvalue weighted by Crippen LogP contribution is 2.32. The molecule has 0 bridgehead atoms. The maximum atomic E-state index is 14.6. The number of carbonyl (C=O) groups excluding carboxylic acids is 1. The number of esters is 1. The number of rotatable bonds is 6. The first kappa shape index (κ1) is 22.3. The van der Waals surface area contributed by atoms with E-state index in [-0.39, 0.29) is 5.82 Å². The number of carbonyl (C=O) groups is 1. The highest BCUT2D eigenvalue weighted by molar-refractivity contribution is 5.75. The first-order valence-electron chi connectivity index (χ1n) is 10.4. The molecule has 0 spiro atoms. The van der Waals surface area contributed by atoms with E-state index in [4.69, 9.17) is 0 Å². The molecule has 0 heterocycles. The van der Waals surface area contributed by atoms with E-state index in [1.165, 1.54) is 5.56 Å². The third-order valence-electron chi connectivity index (χ3n) is 5.87. The summed E-state index contributed by atoms with van der Waals surface area (Å²) in [5, 5.41) is 0. The summed E-state index contributed by atoms with van der Waals surface area (Å²) in [5.74, 6) is -2.05. The summed E-state index contributed by atoms with van der Waals surface area (Å²) in [6, 6.07) is 13.4. The largest absolute Gasteiger partial charge is 0.490 e. The lowest BCUT2D eigenvalue weighted by Crippen LogP contribution is -2.32. The smallest absolute Gasteiger partial charge is 0.456 e. The van der Waals surface area contributed by atoms with Gasteiger partial charge in [0.05, 0.1) is 0 Å². The van der Waals surface area contributed by atoms with E-state index in [2.05, 4.69) is 11.7 Å². The molecule has 162 valence electrons. The number of ether oxygens (including phenoxy) is 1. The van der Waals surface area contributed by atoms with Crippen LogP contribution in [0.3, 0.4) is 0 Å². The van der Waals surface area contributed by atoms with Gasteiger partial charge in [0.2, 0.25) is 0 Å². The Labute approximate surface area is 174 Å². The van der Waals surface area contributed by atoms with Gasteiger partial charge in [-0.05, 0) is 79.2 Å². The van der Waals surface area contributed by atoms with Crippen molar-refractivity contribution >= 4 is 5.97 Å². The Morgan fingerprint density at radius 1 is 1.00 bits per heavy atom. The van der Waals surface area contributed by atoms with Gasteiger partial charge in [-0.15, -0.1) is 0 Å². The summed E-state index contributed by atoms with van der Waals surface area (Å²) >= 11 is 0. The van der Waals surface area contributed by atoms with Crippen molar-refractivity contribution in [3.8, 4) is 11.1 Å². The fourth-order valence-corrected chi connectivity index (χ4v) is 3.98. The molecule has 1 saturated carbocycles. The van der Waals surface area contributed by atoms with Crippen LogP contribution < -0.4 is 0 Å². The van der Waals surface area contributed by atoms with Gasteiger partial charge in [-0.2, -0.15) is 13.2 Å². The maximum absolute atomic E-state index is 14.6. The third-order valence-corrected chi connectivity index (χ3v) is 5.87. The Bertz CT molecular complexity index is 850. The van der Waals surface area contributed by atoms with Gasteiger partial charge in [-0.3, -0.25) is 0 Å². The summed E-state index contributed by atoms with van der Waals surface area (Å²) in [6.07, 6.45) is -1.12.